The van der Waals surface area contributed by atoms with Gasteiger partial charge in [0.05, 0.1) is 0 Å². The summed E-state index contributed by atoms with van der Waals surface area (Å²) in [5, 5.41) is 13.5. The van der Waals surface area contributed by atoms with Crippen LogP contribution in [0.5, 0.6) is 0 Å². The Kier molecular flexibility index (Phi) is 5.83. The second-order valence-corrected chi connectivity index (χ2v) is 4.66. The molecule has 7 heteroatoms. The van der Waals surface area contributed by atoms with Gasteiger partial charge >= 0.3 is 5.97 Å². The SMILES string of the molecule is CC(=O)N[C@@H](Cc1cccc(F)c1)C(=O)N[C@H](C)C(=O)O. The van der Waals surface area contributed by atoms with Gasteiger partial charge in [-0.05, 0) is 24.6 Å². The summed E-state index contributed by atoms with van der Waals surface area (Å²) in [7, 11) is 0. The second kappa shape index (κ2) is 7.37. The van der Waals surface area contributed by atoms with Gasteiger partial charge in [-0.1, -0.05) is 12.1 Å². The van der Waals surface area contributed by atoms with Gasteiger partial charge in [-0.3, -0.25) is 14.4 Å². The molecule has 0 radical (unpaired) electrons. The minimum Gasteiger partial charge on any atom is -0.480 e. The highest BCUT2D eigenvalue weighted by Crippen LogP contribution is 2.07. The highest BCUT2D eigenvalue weighted by molar-refractivity contribution is 5.90. The monoisotopic (exact) mass is 296 g/mol. The van der Waals surface area contributed by atoms with Gasteiger partial charge in [-0.25, -0.2) is 4.39 Å². The van der Waals surface area contributed by atoms with E-state index >= 15 is 0 Å². The zero-order valence-electron chi connectivity index (χ0n) is 11.7. The minimum absolute atomic E-state index is 0.0650. The molecule has 0 heterocycles. The molecule has 1 rings (SSSR count). The van der Waals surface area contributed by atoms with Crippen molar-refractivity contribution in [3.8, 4) is 0 Å². The van der Waals surface area contributed by atoms with Crippen LogP contribution in [-0.2, 0) is 20.8 Å². The number of carbonyl (C=O) groups excluding carboxylic acids is 2. The average molecular weight is 296 g/mol. The molecular formula is C14H17FN2O4. The molecule has 114 valence electrons. The Bertz CT molecular complexity index is 548. The first-order valence-corrected chi connectivity index (χ1v) is 6.34. The van der Waals surface area contributed by atoms with E-state index in [1.165, 1.54) is 32.0 Å². The van der Waals surface area contributed by atoms with E-state index in [2.05, 4.69) is 10.6 Å². The predicted octanol–water partition coefficient (Wildman–Crippen LogP) is 0.462. The molecule has 0 saturated carbocycles. The molecule has 0 saturated heterocycles. The molecule has 0 aliphatic heterocycles. The summed E-state index contributed by atoms with van der Waals surface area (Å²) in [6, 6.07) is 3.58. The zero-order valence-corrected chi connectivity index (χ0v) is 11.7. The van der Waals surface area contributed by atoms with Crippen molar-refractivity contribution < 1.29 is 23.9 Å². The highest BCUT2D eigenvalue weighted by Gasteiger charge is 2.23. The first kappa shape index (κ1) is 16.6. The van der Waals surface area contributed by atoms with Crippen LogP contribution in [-0.4, -0.2) is 35.0 Å². The van der Waals surface area contributed by atoms with Gasteiger partial charge in [0.15, 0.2) is 0 Å². The molecule has 1 aromatic carbocycles. The molecule has 0 bridgehead atoms. The van der Waals surface area contributed by atoms with Crippen molar-refractivity contribution in [2.45, 2.75) is 32.4 Å². The molecule has 0 spiro atoms. The van der Waals surface area contributed by atoms with Crippen LogP contribution < -0.4 is 10.6 Å². The van der Waals surface area contributed by atoms with E-state index in [-0.39, 0.29) is 6.42 Å². The molecule has 0 fully saturated rings. The average Bonchev–Trinajstić information content (AvgIpc) is 2.37. The van der Waals surface area contributed by atoms with Crippen molar-refractivity contribution in [1.29, 1.82) is 0 Å². The molecule has 0 unspecified atom stereocenters. The zero-order chi connectivity index (χ0) is 16.0. The number of hydrogen-bond acceptors (Lipinski definition) is 3. The first-order valence-electron chi connectivity index (χ1n) is 6.34. The Morgan fingerprint density at radius 2 is 1.95 bits per heavy atom. The molecule has 0 aromatic heterocycles. The number of carbonyl (C=O) groups is 3. The Morgan fingerprint density at radius 1 is 1.29 bits per heavy atom. The summed E-state index contributed by atoms with van der Waals surface area (Å²) in [5.41, 5.74) is 0.520. The van der Waals surface area contributed by atoms with Crippen molar-refractivity contribution in [3.63, 3.8) is 0 Å². The number of amides is 2. The van der Waals surface area contributed by atoms with E-state index in [1.807, 2.05) is 0 Å². The summed E-state index contributed by atoms with van der Waals surface area (Å²) in [4.78, 5) is 33.9. The summed E-state index contributed by atoms with van der Waals surface area (Å²) < 4.78 is 13.1. The van der Waals surface area contributed by atoms with Gasteiger partial charge in [0, 0.05) is 13.3 Å². The Labute approximate surface area is 121 Å². The maximum atomic E-state index is 13.1. The summed E-state index contributed by atoms with van der Waals surface area (Å²) in [6.45, 7) is 2.56. The number of nitrogens with one attached hydrogen (secondary N) is 2. The van der Waals surface area contributed by atoms with Gasteiger partial charge in [-0.2, -0.15) is 0 Å². The van der Waals surface area contributed by atoms with Gasteiger partial charge in [-0.15, -0.1) is 0 Å². The lowest BCUT2D eigenvalue weighted by molar-refractivity contribution is -0.141. The van der Waals surface area contributed by atoms with E-state index in [4.69, 9.17) is 5.11 Å². The van der Waals surface area contributed by atoms with Crippen molar-refractivity contribution in [2.75, 3.05) is 0 Å². The summed E-state index contributed by atoms with van der Waals surface area (Å²) in [5.74, 6) is -2.71. The lowest BCUT2D eigenvalue weighted by Gasteiger charge is -2.19. The van der Waals surface area contributed by atoms with Gasteiger partial charge in [0.2, 0.25) is 11.8 Å². The van der Waals surface area contributed by atoms with Gasteiger partial charge in [0.1, 0.15) is 17.9 Å². The summed E-state index contributed by atoms with van der Waals surface area (Å²) in [6.07, 6.45) is 0.0650. The minimum atomic E-state index is -1.18. The highest BCUT2D eigenvalue weighted by atomic mass is 19.1. The van der Waals surface area contributed by atoms with Crippen LogP contribution in [0.4, 0.5) is 4.39 Å². The topological polar surface area (TPSA) is 95.5 Å². The van der Waals surface area contributed by atoms with Crippen molar-refractivity contribution in [2.24, 2.45) is 0 Å². The molecular weight excluding hydrogens is 279 g/mol. The number of benzene rings is 1. The second-order valence-electron chi connectivity index (χ2n) is 4.66. The fourth-order valence-corrected chi connectivity index (χ4v) is 1.73. The van der Waals surface area contributed by atoms with Crippen molar-refractivity contribution in [3.05, 3.63) is 35.6 Å². The number of aliphatic carboxylic acids is 1. The quantitative estimate of drug-likeness (QED) is 0.711. The number of carboxylic acid groups (broad SMARTS) is 1. The third-order valence-electron chi connectivity index (χ3n) is 2.75. The van der Waals surface area contributed by atoms with Crippen LogP contribution >= 0.6 is 0 Å². The van der Waals surface area contributed by atoms with Crippen LogP contribution in [0, 0.1) is 5.82 Å². The Hall–Kier alpha value is -2.44. The number of carboxylic acids is 1. The number of halogens is 1. The van der Waals surface area contributed by atoms with Crippen LogP contribution in [0.25, 0.3) is 0 Å². The molecule has 0 aliphatic rings. The largest absolute Gasteiger partial charge is 0.480 e. The van der Waals surface area contributed by atoms with Crippen LogP contribution in [0.15, 0.2) is 24.3 Å². The smallest absolute Gasteiger partial charge is 0.325 e. The third kappa shape index (κ3) is 5.60. The van der Waals surface area contributed by atoms with Gasteiger partial charge < -0.3 is 15.7 Å². The van der Waals surface area contributed by atoms with E-state index in [0.717, 1.165) is 0 Å². The molecule has 21 heavy (non-hydrogen) atoms. The van der Waals surface area contributed by atoms with E-state index < -0.39 is 35.7 Å². The first-order chi connectivity index (χ1) is 9.79. The molecule has 0 aliphatic carbocycles. The molecule has 3 N–H and O–H groups in total. The van der Waals surface area contributed by atoms with Crippen LogP contribution in [0.1, 0.15) is 19.4 Å². The lowest BCUT2D eigenvalue weighted by Crippen LogP contribution is -2.51. The fourth-order valence-electron chi connectivity index (χ4n) is 1.73. The van der Waals surface area contributed by atoms with E-state index in [9.17, 15) is 18.8 Å². The van der Waals surface area contributed by atoms with Crippen LogP contribution in [0.2, 0.25) is 0 Å². The van der Waals surface area contributed by atoms with E-state index in [1.54, 1.807) is 6.07 Å². The maximum Gasteiger partial charge on any atom is 0.325 e. The van der Waals surface area contributed by atoms with Gasteiger partial charge in [0.25, 0.3) is 0 Å². The molecule has 6 nitrogen and oxygen atoms in total. The molecule has 2 amide bonds. The lowest BCUT2D eigenvalue weighted by atomic mass is 10.0. The summed E-state index contributed by atoms with van der Waals surface area (Å²) >= 11 is 0. The molecule has 2 atom stereocenters. The molecule has 1 aromatic rings. The normalized spacial score (nSPS) is 13.1. The Morgan fingerprint density at radius 3 is 2.48 bits per heavy atom. The maximum absolute atomic E-state index is 13.1. The number of rotatable bonds is 6. The Balaban J connectivity index is 2.82. The standard InChI is InChI=1S/C14H17FN2O4/c1-8(14(20)21)16-13(19)12(17-9(2)18)7-10-4-3-5-11(15)6-10/h3-6,8,12H,7H2,1-2H3,(H,16,19)(H,17,18)(H,20,21)/t8-,12+/m1/s1. The van der Waals surface area contributed by atoms with E-state index in [0.29, 0.717) is 5.56 Å². The number of hydrogen-bond donors (Lipinski definition) is 3. The predicted molar refractivity (Wildman–Crippen MR) is 72.9 cm³/mol. The fraction of sp³-hybridized carbons (Fsp3) is 0.357. The third-order valence-corrected chi connectivity index (χ3v) is 2.75. The van der Waals surface area contributed by atoms with Crippen molar-refractivity contribution in [1.82, 2.24) is 10.6 Å². The van der Waals surface area contributed by atoms with Crippen LogP contribution in [0.3, 0.4) is 0 Å². The van der Waals surface area contributed by atoms with Crippen molar-refractivity contribution >= 4 is 17.8 Å².